The highest BCUT2D eigenvalue weighted by atomic mass is 35.5. The third-order valence-corrected chi connectivity index (χ3v) is 4.67. The highest BCUT2D eigenvalue weighted by Crippen LogP contribution is 2.26. The fraction of sp³-hybridized carbons (Fsp3) is 0. The number of hydrogen-bond acceptors (Lipinski definition) is 3. The summed E-state index contributed by atoms with van der Waals surface area (Å²) in [7, 11) is -4.02. The first-order valence-electron chi connectivity index (χ1n) is 5.51. The van der Waals surface area contributed by atoms with Crippen LogP contribution in [0.3, 0.4) is 0 Å². The van der Waals surface area contributed by atoms with Crippen molar-refractivity contribution in [2.24, 2.45) is 0 Å². The van der Waals surface area contributed by atoms with Gasteiger partial charge in [-0.3, -0.25) is 4.72 Å². The SMILES string of the molecule is N#Cc1ccc(Cl)c(S(=O)(=O)Nc2ccc(F)c(Cl)c2)c1. The van der Waals surface area contributed by atoms with Crippen LogP contribution >= 0.6 is 23.2 Å². The van der Waals surface area contributed by atoms with Crippen molar-refractivity contribution >= 4 is 38.9 Å². The summed E-state index contributed by atoms with van der Waals surface area (Å²) in [4.78, 5) is -0.247. The molecule has 2 rings (SSSR count). The molecule has 0 heterocycles. The van der Waals surface area contributed by atoms with E-state index in [1.54, 1.807) is 0 Å². The molecule has 0 saturated heterocycles. The molecule has 0 spiro atoms. The Hall–Kier alpha value is -1.81. The molecule has 0 radical (unpaired) electrons. The Bertz CT molecular complexity index is 848. The Morgan fingerprint density at radius 2 is 1.81 bits per heavy atom. The van der Waals surface area contributed by atoms with E-state index in [9.17, 15) is 12.8 Å². The Balaban J connectivity index is 2.43. The zero-order valence-electron chi connectivity index (χ0n) is 10.3. The van der Waals surface area contributed by atoms with E-state index in [1.807, 2.05) is 6.07 Å². The van der Waals surface area contributed by atoms with Gasteiger partial charge in [0.2, 0.25) is 0 Å². The van der Waals surface area contributed by atoms with Crippen molar-refractivity contribution in [3.8, 4) is 6.07 Å². The van der Waals surface area contributed by atoms with Gasteiger partial charge in [-0.25, -0.2) is 12.8 Å². The van der Waals surface area contributed by atoms with E-state index in [-0.39, 0.29) is 26.2 Å². The molecule has 0 aliphatic rings. The lowest BCUT2D eigenvalue weighted by Gasteiger charge is -2.10. The van der Waals surface area contributed by atoms with Gasteiger partial charge in [0.25, 0.3) is 10.0 Å². The van der Waals surface area contributed by atoms with E-state index in [0.29, 0.717) is 0 Å². The van der Waals surface area contributed by atoms with Crippen LogP contribution in [0.4, 0.5) is 10.1 Å². The fourth-order valence-electron chi connectivity index (χ4n) is 1.55. The quantitative estimate of drug-likeness (QED) is 0.920. The molecule has 0 aromatic heterocycles. The summed E-state index contributed by atoms with van der Waals surface area (Å²) in [5.74, 6) is -0.663. The summed E-state index contributed by atoms with van der Waals surface area (Å²) in [6.07, 6.45) is 0. The fourth-order valence-corrected chi connectivity index (χ4v) is 3.31. The van der Waals surface area contributed by atoms with Crippen molar-refractivity contribution in [3.05, 3.63) is 57.8 Å². The lowest BCUT2D eigenvalue weighted by molar-refractivity contribution is 0.601. The molecule has 0 amide bonds. The van der Waals surface area contributed by atoms with E-state index < -0.39 is 15.8 Å². The van der Waals surface area contributed by atoms with Crippen LogP contribution in [0.2, 0.25) is 10.0 Å². The molecule has 0 aliphatic carbocycles. The van der Waals surface area contributed by atoms with E-state index in [1.165, 1.54) is 18.2 Å². The highest BCUT2D eigenvalue weighted by Gasteiger charge is 2.19. The molecule has 2 aromatic rings. The maximum atomic E-state index is 13.1. The van der Waals surface area contributed by atoms with Gasteiger partial charge in [0, 0.05) is 0 Å². The lowest BCUT2D eigenvalue weighted by atomic mass is 10.2. The molecule has 108 valence electrons. The van der Waals surface area contributed by atoms with Crippen LogP contribution in [0.25, 0.3) is 0 Å². The van der Waals surface area contributed by atoms with Gasteiger partial charge in [0.05, 0.1) is 27.4 Å². The molecular formula is C13H7Cl2FN2O2S. The number of nitrogens with one attached hydrogen (secondary N) is 1. The monoisotopic (exact) mass is 344 g/mol. The van der Waals surface area contributed by atoms with Crippen molar-refractivity contribution < 1.29 is 12.8 Å². The molecule has 0 atom stereocenters. The first-order valence-corrected chi connectivity index (χ1v) is 7.75. The molecule has 4 nitrogen and oxygen atoms in total. The molecule has 8 heteroatoms. The zero-order valence-corrected chi connectivity index (χ0v) is 12.6. The van der Waals surface area contributed by atoms with Gasteiger partial charge in [-0.15, -0.1) is 0 Å². The van der Waals surface area contributed by atoms with Crippen LogP contribution in [0.15, 0.2) is 41.3 Å². The maximum Gasteiger partial charge on any atom is 0.263 e. The number of nitrogens with zero attached hydrogens (tertiary/aromatic N) is 1. The van der Waals surface area contributed by atoms with Crippen LogP contribution in [-0.2, 0) is 10.0 Å². The number of hydrogen-bond donors (Lipinski definition) is 1. The predicted octanol–water partition coefficient (Wildman–Crippen LogP) is 3.80. The third-order valence-electron chi connectivity index (χ3n) is 2.52. The number of benzene rings is 2. The van der Waals surface area contributed by atoms with Crippen molar-refractivity contribution in [2.75, 3.05) is 4.72 Å². The third kappa shape index (κ3) is 3.45. The molecule has 0 aliphatic heterocycles. The minimum atomic E-state index is -4.02. The number of halogens is 3. The van der Waals surface area contributed by atoms with Crippen LogP contribution in [0.1, 0.15) is 5.56 Å². The van der Waals surface area contributed by atoms with Crippen LogP contribution in [0.5, 0.6) is 0 Å². The smallest absolute Gasteiger partial charge is 0.263 e. The Morgan fingerprint density at radius 3 is 2.43 bits per heavy atom. The van der Waals surface area contributed by atoms with E-state index in [0.717, 1.165) is 18.2 Å². The summed E-state index contributed by atoms with van der Waals surface area (Å²) < 4.78 is 39.8. The van der Waals surface area contributed by atoms with Crippen molar-refractivity contribution in [3.63, 3.8) is 0 Å². The highest BCUT2D eigenvalue weighted by molar-refractivity contribution is 7.92. The minimum Gasteiger partial charge on any atom is -0.280 e. The molecule has 21 heavy (non-hydrogen) atoms. The number of nitriles is 1. The molecule has 2 aromatic carbocycles. The minimum absolute atomic E-state index is 0.0327. The average molecular weight is 345 g/mol. The number of sulfonamides is 1. The number of anilines is 1. The Morgan fingerprint density at radius 1 is 1.10 bits per heavy atom. The van der Waals surface area contributed by atoms with Gasteiger partial charge in [-0.2, -0.15) is 5.26 Å². The van der Waals surface area contributed by atoms with Crippen LogP contribution < -0.4 is 4.72 Å². The average Bonchev–Trinajstić information content (AvgIpc) is 2.43. The summed E-state index contributed by atoms with van der Waals surface area (Å²) >= 11 is 11.4. The van der Waals surface area contributed by atoms with E-state index in [4.69, 9.17) is 28.5 Å². The van der Waals surface area contributed by atoms with E-state index >= 15 is 0 Å². The van der Waals surface area contributed by atoms with Gasteiger partial charge in [0.15, 0.2) is 0 Å². The summed E-state index contributed by atoms with van der Waals surface area (Å²) in [5.41, 5.74) is 0.233. The topological polar surface area (TPSA) is 70.0 Å². The maximum absolute atomic E-state index is 13.1. The van der Waals surface area contributed by atoms with Gasteiger partial charge < -0.3 is 0 Å². The first kappa shape index (κ1) is 15.6. The zero-order chi connectivity index (χ0) is 15.6. The first-order chi connectivity index (χ1) is 9.83. The summed E-state index contributed by atoms with van der Waals surface area (Å²) in [6, 6.07) is 9.08. The van der Waals surface area contributed by atoms with Crippen molar-refractivity contribution in [1.82, 2.24) is 0 Å². The molecule has 0 fully saturated rings. The second kappa shape index (κ2) is 5.90. The predicted molar refractivity (Wildman–Crippen MR) is 78.4 cm³/mol. The second-order valence-electron chi connectivity index (χ2n) is 3.99. The Labute approximate surface area is 130 Å². The van der Waals surface area contributed by atoms with Gasteiger partial charge in [0.1, 0.15) is 10.7 Å². The molecule has 0 unspecified atom stereocenters. The normalized spacial score (nSPS) is 11.0. The molecular weight excluding hydrogens is 338 g/mol. The largest absolute Gasteiger partial charge is 0.280 e. The standard InChI is InChI=1S/C13H7Cl2FN2O2S/c14-10-3-1-8(7-17)5-13(10)21(19,20)18-9-2-4-12(16)11(15)6-9/h1-6,18H. The van der Waals surface area contributed by atoms with Crippen LogP contribution in [-0.4, -0.2) is 8.42 Å². The van der Waals surface area contributed by atoms with Gasteiger partial charge in [-0.05, 0) is 36.4 Å². The van der Waals surface area contributed by atoms with Gasteiger partial charge >= 0.3 is 0 Å². The lowest BCUT2D eigenvalue weighted by Crippen LogP contribution is -2.13. The van der Waals surface area contributed by atoms with Crippen molar-refractivity contribution in [1.29, 1.82) is 5.26 Å². The second-order valence-corrected chi connectivity index (χ2v) is 6.46. The molecule has 0 saturated carbocycles. The molecule has 0 bridgehead atoms. The van der Waals surface area contributed by atoms with E-state index in [2.05, 4.69) is 4.72 Å². The van der Waals surface area contributed by atoms with Crippen molar-refractivity contribution in [2.45, 2.75) is 4.90 Å². The summed E-state index contributed by atoms with van der Waals surface area (Å²) in [6.45, 7) is 0. The molecule has 1 N–H and O–H groups in total. The summed E-state index contributed by atoms with van der Waals surface area (Å²) in [5, 5.41) is 8.56. The van der Waals surface area contributed by atoms with Gasteiger partial charge in [-0.1, -0.05) is 23.2 Å². The number of rotatable bonds is 3. The Kier molecular flexibility index (Phi) is 4.37. The van der Waals surface area contributed by atoms with Crippen LogP contribution in [0, 0.1) is 17.1 Å².